The van der Waals surface area contributed by atoms with E-state index in [1.165, 1.54) is 19.3 Å². The number of aromatic hydroxyl groups is 1. The summed E-state index contributed by atoms with van der Waals surface area (Å²) in [5.41, 5.74) is 7.91. The van der Waals surface area contributed by atoms with Crippen molar-refractivity contribution in [3.8, 4) is 11.5 Å². The molecule has 0 aliphatic carbocycles. The second-order valence-electron chi connectivity index (χ2n) is 7.03. The zero-order valence-corrected chi connectivity index (χ0v) is 18.0. The predicted octanol–water partition coefficient (Wildman–Crippen LogP) is 4.86. The van der Waals surface area contributed by atoms with Crippen molar-refractivity contribution >= 4 is 29.1 Å². The average Bonchev–Trinajstić information content (AvgIpc) is 2.80. The third-order valence-electron chi connectivity index (χ3n) is 4.68. The van der Waals surface area contributed by atoms with Gasteiger partial charge in [-0.2, -0.15) is 0 Å². The van der Waals surface area contributed by atoms with Gasteiger partial charge in [-0.05, 0) is 48.0 Å². The van der Waals surface area contributed by atoms with E-state index in [-0.39, 0.29) is 18.1 Å². The molecule has 3 aromatic rings. The minimum absolute atomic E-state index is 0.0895. The molecule has 8 nitrogen and oxygen atoms in total. The molecule has 0 saturated carbocycles. The van der Waals surface area contributed by atoms with Crippen LogP contribution in [0.4, 0.5) is 21.9 Å². The fourth-order valence-corrected chi connectivity index (χ4v) is 3.04. The lowest BCUT2D eigenvalue weighted by Crippen LogP contribution is -2.17. The number of phenols is 1. The number of nitrogen functional groups attached to an aromatic ring is 1. The first-order valence-corrected chi connectivity index (χ1v) is 10.2. The molecule has 0 aliphatic rings. The molecule has 0 fully saturated rings. The number of anilines is 3. The first-order valence-electron chi connectivity index (χ1n) is 10.2. The number of methoxy groups -OCH3 is 1. The van der Waals surface area contributed by atoms with Gasteiger partial charge in [0.05, 0.1) is 18.5 Å². The summed E-state index contributed by atoms with van der Waals surface area (Å²) in [6.45, 7) is 0. The molecule has 0 heterocycles. The zero-order chi connectivity index (χ0) is 23.6. The van der Waals surface area contributed by atoms with Gasteiger partial charge in [-0.15, -0.1) is 0 Å². The number of hydrogen-bond donors (Lipinski definition) is 4. The first-order chi connectivity index (χ1) is 16.0. The molecule has 0 unspecified atom stereocenters. The largest absolute Gasteiger partial charge is 0.504 e. The highest BCUT2D eigenvalue weighted by molar-refractivity contribution is 6.01. The monoisotopic (exact) mass is 447 g/mol. The van der Waals surface area contributed by atoms with Gasteiger partial charge in [-0.1, -0.05) is 42.5 Å². The number of para-hydroxylation sites is 3. The Balaban J connectivity index is 1.71. The highest BCUT2D eigenvalue weighted by atomic mass is 16.6. The molecule has 1 atom stereocenters. The van der Waals surface area contributed by atoms with Gasteiger partial charge in [0.15, 0.2) is 11.5 Å². The van der Waals surface area contributed by atoms with Gasteiger partial charge in [-0.3, -0.25) is 10.1 Å². The Labute approximate surface area is 191 Å². The highest BCUT2D eigenvalue weighted by Crippen LogP contribution is 2.32. The minimum Gasteiger partial charge on any atom is -0.504 e. The fraction of sp³-hybridized carbons (Fsp3) is 0.120. The van der Waals surface area contributed by atoms with Crippen molar-refractivity contribution in [3.05, 3.63) is 90.5 Å². The number of carbonyl (C=O) groups excluding carboxylic acids is 2. The Morgan fingerprint density at radius 2 is 1.76 bits per heavy atom. The maximum Gasteiger partial charge on any atom is 0.412 e. The number of nitrogens with one attached hydrogen (secondary N) is 2. The zero-order valence-electron chi connectivity index (χ0n) is 18.0. The molecule has 0 saturated heterocycles. The van der Waals surface area contributed by atoms with Crippen LogP contribution in [-0.2, 0) is 9.53 Å². The van der Waals surface area contributed by atoms with Crippen LogP contribution < -0.4 is 21.1 Å². The Hall–Kier alpha value is -4.46. The highest BCUT2D eigenvalue weighted by Gasteiger charge is 2.18. The van der Waals surface area contributed by atoms with Crippen LogP contribution in [0.15, 0.2) is 84.9 Å². The molecular weight excluding hydrogens is 422 g/mol. The van der Waals surface area contributed by atoms with Crippen molar-refractivity contribution in [1.29, 1.82) is 0 Å². The number of rotatable bonds is 8. The van der Waals surface area contributed by atoms with Crippen LogP contribution in [0.5, 0.6) is 11.5 Å². The summed E-state index contributed by atoms with van der Waals surface area (Å²) < 4.78 is 10.7. The molecule has 0 bridgehead atoms. The predicted molar refractivity (Wildman–Crippen MR) is 127 cm³/mol. The Bertz CT molecular complexity index is 1130. The van der Waals surface area contributed by atoms with E-state index in [4.69, 9.17) is 15.2 Å². The molecule has 0 aromatic heterocycles. The number of benzene rings is 3. The fourth-order valence-electron chi connectivity index (χ4n) is 3.04. The molecule has 8 heteroatoms. The normalized spacial score (nSPS) is 11.5. The van der Waals surface area contributed by atoms with Crippen molar-refractivity contribution in [2.24, 2.45) is 0 Å². The molecule has 3 aromatic carbocycles. The maximum atomic E-state index is 12.4. The molecule has 2 amide bonds. The number of carbonyl (C=O) groups is 2. The molecule has 3 rings (SSSR count). The summed E-state index contributed by atoms with van der Waals surface area (Å²) in [6, 6.07) is 20.5. The van der Waals surface area contributed by atoms with Crippen molar-refractivity contribution in [3.63, 3.8) is 0 Å². The van der Waals surface area contributed by atoms with E-state index in [2.05, 4.69) is 10.6 Å². The van der Waals surface area contributed by atoms with E-state index in [1.54, 1.807) is 66.7 Å². The number of phenolic OH excluding ortho intramolecular Hbond substituents is 1. The summed E-state index contributed by atoms with van der Waals surface area (Å²) >= 11 is 0. The van der Waals surface area contributed by atoms with E-state index in [0.717, 1.165) is 0 Å². The standard InChI is InChI=1S/C25H25N3O5/c1-32-23-15-14-17(16-21(23)29)22(33-25(31)27-18-8-3-2-4-9-18)12-7-13-24(30)28-20-11-6-5-10-19(20)26/h2-11,13-16,22,29H,12,26H2,1H3,(H,27,31)(H,28,30)/b13-7+/t22-/m0/s1. The SMILES string of the molecule is COc1ccc([C@H](C/C=C/C(=O)Nc2ccccc2N)OC(=O)Nc2ccccc2)cc1O. The van der Waals surface area contributed by atoms with E-state index >= 15 is 0 Å². The minimum atomic E-state index is -0.767. The lowest BCUT2D eigenvalue weighted by Gasteiger charge is -2.18. The molecule has 0 spiro atoms. The summed E-state index contributed by atoms with van der Waals surface area (Å²) in [4.78, 5) is 24.7. The van der Waals surface area contributed by atoms with Crippen molar-refractivity contribution < 1.29 is 24.2 Å². The van der Waals surface area contributed by atoms with Crippen LogP contribution in [0, 0.1) is 0 Å². The van der Waals surface area contributed by atoms with Crippen LogP contribution in [0.1, 0.15) is 18.1 Å². The summed E-state index contributed by atoms with van der Waals surface area (Å²) in [5, 5.41) is 15.5. The van der Waals surface area contributed by atoms with Gasteiger partial charge in [-0.25, -0.2) is 4.79 Å². The maximum absolute atomic E-state index is 12.4. The third-order valence-corrected chi connectivity index (χ3v) is 4.68. The number of ether oxygens (including phenoxy) is 2. The molecule has 5 N–H and O–H groups in total. The van der Waals surface area contributed by atoms with Crippen LogP contribution >= 0.6 is 0 Å². The van der Waals surface area contributed by atoms with Crippen LogP contribution in [0.2, 0.25) is 0 Å². The van der Waals surface area contributed by atoms with Crippen molar-refractivity contribution in [1.82, 2.24) is 0 Å². The van der Waals surface area contributed by atoms with Gasteiger partial charge in [0.2, 0.25) is 5.91 Å². The summed E-state index contributed by atoms with van der Waals surface area (Å²) in [5.74, 6) is -0.173. The number of amides is 2. The smallest absolute Gasteiger partial charge is 0.412 e. The Morgan fingerprint density at radius 3 is 2.45 bits per heavy atom. The first kappa shape index (κ1) is 23.2. The molecular formula is C25H25N3O5. The van der Waals surface area contributed by atoms with Crippen LogP contribution in [-0.4, -0.2) is 24.2 Å². The van der Waals surface area contributed by atoms with E-state index in [9.17, 15) is 14.7 Å². The lowest BCUT2D eigenvalue weighted by atomic mass is 10.1. The number of nitrogens with two attached hydrogens (primary N) is 1. The summed E-state index contributed by atoms with van der Waals surface area (Å²) in [6.07, 6.45) is 1.66. The molecule has 0 aliphatic heterocycles. The quantitative estimate of drug-likeness (QED) is 0.289. The lowest BCUT2D eigenvalue weighted by molar-refractivity contribution is -0.111. The Kier molecular flexibility index (Phi) is 7.91. The van der Waals surface area contributed by atoms with Crippen LogP contribution in [0.3, 0.4) is 0 Å². The second-order valence-corrected chi connectivity index (χ2v) is 7.03. The van der Waals surface area contributed by atoms with Crippen LogP contribution in [0.25, 0.3) is 0 Å². The van der Waals surface area contributed by atoms with Gasteiger partial charge >= 0.3 is 6.09 Å². The third kappa shape index (κ3) is 6.76. The molecule has 170 valence electrons. The van der Waals surface area contributed by atoms with E-state index in [1.807, 2.05) is 6.07 Å². The van der Waals surface area contributed by atoms with E-state index in [0.29, 0.717) is 28.4 Å². The molecule has 33 heavy (non-hydrogen) atoms. The van der Waals surface area contributed by atoms with Gasteiger partial charge in [0.25, 0.3) is 0 Å². The Morgan fingerprint density at radius 1 is 1.03 bits per heavy atom. The molecule has 0 radical (unpaired) electrons. The number of hydrogen-bond acceptors (Lipinski definition) is 6. The van der Waals surface area contributed by atoms with Gasteiger partial charge in [0.1, 0.15) is 6.10 Å². The topological polar surface area (TPSA) is 123 Å². The van der Waals surface area contributed by atoms with Crippen molar-refractivity contribution in [2.45, 2.75) is 12.5 Å². The van der Waals surface area contributed by atoms with Gasteiger partial charge < -0.3 is 25.6 Å². The second kappa shape index (κ2) is 11.2. The van der Waals surface area contributed by atoms with E-state index < -0.39 is 12.2 Å². The average molecular weight is 447 g/mol. The summed E-state index contributed by atoms with van der Waals surface area (Å²) in [7, 11) is 1.44. The van der Waals surface area contributed by atoms with Crippen molar-refractivity contribution in [2.75, 3.05) is 23.5 Å². The van der Waals surface area contributed by atoms with Gasteiger partial charge in [0, 0.05) is 12.1 Å².